The molecular formula is C8H11Cl2FN2. The van der Waals surface area contributed by atoms with Gasteiger partial charge < -0.3 is 5.32 Å². The average Bonchev–Trinajstić information content (AvgIpc) is 2.02. The molecule has 0 bridgehead atoms. The van der Waals surface area contributed by atoms with E-state index in [1.165, 1.54) is 0 Å². The van der Waals surface area contributed by atoms with Crippen LogP contribution in [0.15, 0.2) is 24.5 Å². The summed E-state index contributed by atoms with van der Waals surface area (Å²) >= 11 is 0. The zero-order chi connectivity index (χ0) is 7.73. The Morgan fingerprint density at radius 1 is 1.23 bits per heavy atom. The van der Waals surface area contributed by atoms with Crippen molar-refractivity contribution in [1.29, 1.82) is 0 Å². The average molecular weight is 225 g/mol. The summed E-state index contributed by atoms with van der Waals surface area (Å²) in [6.07, 6.45) is 3.24. The van der Waals surface area contributed by atoms with Crippen molar-refractivity contribution >= 4 is 24.8 Å². The quantitative estimate of drug-likeness (QED) is 0.786. The van der Waals surface area contributed by atoms with Gasteiger partial charge in [-0.2, -0.15) is 0 Å². The minimum Gasteiger partial charge on any atom is -0.310 e. The van der Waals surface area contributed by atoms with E-state index >= 15 is 0 Å². The molecule has 0 unspecified atom stereocenters. The van der Waals surface area contributed by atoms with Crippen molar-refractivity contribution in [2.45, 2.75) is 5.67 Å². The number of nitrogens with one attached hydrogen (secondary N) is 1. The Morgan fingerprint density at radius 3 is 2.15 bits per heavy atom. The molecular weight excluding hydrogens is 214 g/mol. The fourth-order valence-corrected chi connectivity index (χ4v) is 1.20. The van der Waals surface area contributed by atoms with Gasteiger partial charge in [0.15, 0.2) is 5.67 Å². The van der Waals surface area contributed by atoms with E-state index in [-0.39, 0.29) is 24.8 Å². The van der Waals surface area contributed by atoms with Gasteiger partial charge in [0.2, 0.25) is 0 Å². The molecule has 0 saturated carbocycles. The maximum absolute atomic E-state index is 13.5. The van der Waals surface area contributed by atoms with Gasteiger partial charge in [-0.05, 0) is 17.7 Å². The Balaban J connectivity index is 0.000000720. The number of pyridine rings is 1. The predicted octanol–water partition coefficient (Wildman–Crippen LogP) is 1.69. The highest BCUT2D eigenvalue weighted by Gasteiger charge is 2.38. The van der Waals surface area contributed by atoms with E-state index in [0.29, 0.717) is 13.1 Å². The minimum atomic E-state index is -1.14. The van der Waals surface area contributed by atoms with Crippen molar-refractivity contribution in [3.05, 3.63) is 30.1 Å². The highest BCUT2D eigenvalue weighted by molar-refractivity contribution is 5.85. The molecule has 74 valence electrons. The third-order valence-electron chi connectivity index (χ3n) is 2.01. The number of aromatic nitrogens is 1. The van der Waals surface area contributed by atoms with E-state index in [2.05, 4.69) is 10.3 Å². The van der Waals surface area contributed by atoms with E-state index in [1.807, 2.05) is 0 Å². The van der Waals surface area contributed by atoms with E-state index in [4.69, 9.17) is 0 Å². The lowest BCUT2D eigenvalue weighted by atomic mass is 9.91. The molecule has 2 rings (SSSR count). The highest BCUT2D eigenvalue weighted by atomic mass is 35.5. The van der Waals surface area contributed by atoms with Gasteiger partial charge in [0.25, 0.3) is 0 Å². The summed E-state index contributed by atoms with van der Waals surface area (Å²) in [5.74, 6) is 0. The van der Waals surface area contributed by atoms with Gasteiger partial charge in [-0.15, -0.1) is 24.8 Å². The summed E-state index contributed by atoms with van der Waals surface area (Å²) in [7, 11) is 0. The summed E-state index contributed by atoms with van der Waals surface area (Å²) in [5, 5.41) is 2.90. The molecule has 0 atom stereocenters. The molecule has 2 nitrogen and oxygen atoms in total. The lowest BCUT2D eigenvalue weighted by Gasteiger charge is -2.35. The Morgan fingerprint density at radius 2 is 1.77 bits per heavy atom. The van der Waals surface area contributed by atoms with E-state index in [1.54, 1.807) is 24.5 Å². The molecule has 0 radical (unpaired) electrons. The molecule has 0 aliphatic carbocycles. The van der Waals surface area contributed by atoms with E-state index in [9.17, 15) is 4.39 Å². The van der Waals surface area contributed by atoms with Crippen LogP contribution in [0, 0.1) is 0 Å². The highest BCUT2D eigenvalue weighted by Crippen LogP contribution is 2.28. The van der Waals surface area contributed by atoms with Crippen LogP contribution in [-0.4, -0.2) is 18.1 Å². The number of halogens is 3. The second-order valence-electron chi connectivity index (χ2n) is 2.80. The van der Waals surface area contributed by atoms with Gasteiger partial charge in [-0.3, -0.25) is 4.98 Å². The van der Waals surface area contributed by atoms with Crippen LogP contribution in [0.3, 0.4) is 0 Å². The largest absolute Gasteiger partial charge is 0.310 e. The number of rotatable bonds is 1. The topological polar surface area (TPSA) is 24.9 Å². The molecule has 1 N–H and O–H groups in total. The van der Waals surface area contributed by atoms with E-state index < -0.39 is 5.67 Å². The van der Waals surface area contributed by atoms with Gasteiger partial charge in [0.05, 0.1) is 0 Å². The third-order valence-corrected chi connectivity index (χ3v) is 2.01. The third kappa shape index (κ3) is 2.30. The van der Waals surface area contributed by atoms with Crippen molar-refractivity contribution in [2.75, 3.05) is 13.1 Å². The molecule has 0 spiro atoms. The van der Waals surface area contributed by atoms with Crippen molar-refractivity contribution in [2.24, 2.45) is 0 Å². The van der Waals surface area contributed by atoms with Gasteiger partial charge in [0, 0.05) is 25.5 Å². The Hall–Kier alpha value is -0.380. The fourth-order valence-electron chi connectivity index (χ4n) is 1.20. The van der Waals surface area contributed by atoms with Crippen LogP contribution in [0.4, 0.5) is 4.39 Å². The number of hydrogen-bond donors (Lipinski definition) is 1. The molecule has 1 aromatic heterocycles. The first-order valence-corrected chi connectivity index (χ1v) is 3.61. The van der Waals surface area contributed by atoms with Crippen LogP contribution in [0.2, 0.25) is 0 Å². The van der Waals surface area contributed by atoms with Crippen LogP contribution in [0.1, 0.15) is 5.56 Å². The monoisotopic (exact) mass is 224 g/mol. The molecule has 0 aromatic carbocycles. The molecule has 1 aromatic rings. The summed E-state index contributed by atoms with van der Waals surface area (Å²) in [5.41, 5.74) is -0.408. The molecule has 1 fully saturated rings. The number of nitrogens with zero attached hydrogens (tertiary/aromatic N) is 1. The summed E-state index contributed by atoms with van der Waals surface area (Å²) < 4.78 is 13.5. The molecule has 2 heterocycles. The second kappa shape index (κ2) is 4.74. The molecule has 1 saturated heterocycles. The normalized spacial score (nSPS) is 17.6. The SMILES string of the molecule is Cl.Cl.FC1(c2ccncc2)CNC1. The zero-order valence-corrected chi connectivity index (χ0v) is 8.50. The van der Waals surface area contributed by atoms with Crippen LogP contribution in [0.5, 0.6) is 0 Å². The second-order valence-corrected chi connectivity index (χ2v) is 2.80. The zero-order valence-electron chi connectivity index (χ0n) is 6.87. The first-order valence-electron chi connectivity index (χ1n) is 3.61. The van der Waals surface area contributed by atoms with Crippen LogP contribution in [0.25, 0.3) is 0 Å². The first-order chi connectivity index (χ1) is 5.31. The Bertz CT molecular complexity index is 252. The molecule has 0 amide bonds. The Kier molecular flexibility index (Phi) is 4.61. The molecule has 1 aliphatic heterocycles. The maximum Gasteiger partial charge on any atom is 0.160 e. The van der Waals surface area contributed by atoms with Crippen molar-refractivity contribution in [3.8, 4) is 0 Å². The van der Waals surface area contributed by atoms with Crippen LogP contribution < -0.4 is 5.32 Å². The lowest BCUT2D eigenvalue weighted by molar-refractivity contribution is 0.0890. The molecule has 5 heteroatoms. The van der Waals surface area contributed by atoms with Crippen LogP contribution >= 0.6 is 24.8 Å². The van der Waals surface area contributed by atoms with Crippen molar-refractivity contribution in [3.63, 3.8) is 0 Å². The van der Waals surface area contributed by atoms with Crippen molar-refractivity contribution in [1.82, 2.24) is 10.3 Å². The fraction of sp³-hybridized carbons (Fsp3) is 0.375. The van der Waals surface area contributed by atoms with Crippen molar-refractivity contribution < 1.29 is 4.39 Å². The van der Waals surface area contributed by atoms with Crippen LogP contribution in [-0.2, 0) is 5.67 Å². The van der Waals surface area contributed by atoms with Gasteiger partial charge in [0.1, 0.15) is 0 Å². The number of alkyl halides is 1. The number of hydrogen-bond acceptors (Lipinski definition) is 2. The molecule has 1 aliphatic rings. The molecule has 13 heavy (non-hydrogen) atoms. The maximum atomic E-state index is 13.5. The first kappa shape index (κ1) is 12.6. The summed E-state index contributed by atoms with van der Waals surface area (Å²) in [6.45, 7) is 0.855. The Labute approximate surface area is 88.8 Å². The minimum absolute atomic E-state index is 0. The summed E-state index contributed by atoms with van der Waals surface area (Å²) in [4.78, 5) is 3.83. The van der Waals surface area contributed by atoms with E-state index in [0.717, 1.165) is 5.56 Å². The smallest absolute Gasteiger partial charge is 0.160 e. The summed E-state index contributed by atoms with van der Waals surface area (Å²) in [6, 6.07) is 3.45. The standard InChI is InChI=1S/C8H9FN2.2ClH/c9-8(5-11-6-8)7-1-3-10-4-2-7;;/h1-4,11H,5-6H2;2*1H. The van der Waals surface area contributed by atoms with Gasteiger partial charge in [-0.1, -0.05) is 0 Å². The van der Waals surface area contributed by atoms with Gasteiger partial charge in [-0.25, -0.2) is 4.39 Å². The lowest BCUT2D eigenvalue weighted by Crippen LogP contribution is -2.53. The predicted molar refractivity (Wildman–Crippen MR) is 54.4 cm³/mol. The van der Waals surface area contributed by atoms with Gasteiger partial charge >= 0.3 is 0 Å².